The third-order valence-corrected chi connectivity index (χ3v) is 5.33. The molecule has 1 aliphatic heterocycles. The number of amidine groups is 1. The molecule has 1 aliphatic rings. The van der Waals surface area contributed by atoms with Crippen molar-refractivity contribution in [2.45, 2.75) is 24.5 Å². The van der Waals surface area contributed by atoms with Crippen molar-refractivity contribution in [3.05, 3.63) is 59.7 Å². The van der Waals surface area contributed by atoms with Crippen LogP contribution in [0.4, 0.5) is 8.78 Å². The Balaban J connectivity index is 1.56. The molecule has 0 bridgehead atoms. The number of hydrogen-bond acceptors (Lipinski definition) is 5. The summed E-state index contributed by atoms with van der Waals surface area (Å²) in [6.45, 7) is -2.87. The molecule has 2 aromatic rings. The minimum absolute atomic E-state index is 0.00462. The number of benzene rings is 2. The summed E-state index contributed by atoms with van der Waals surface area (Å²) in [5.41, 5.74) is 0.876. The van der Waals surface area contributed by atoms with Gasteiger partial charge in [0.1, 0.15) is 11.6 Å². The van der Waals surface area contributed by atoms with Gasteiger partial charge in [-0.1, -0.05) is 30.3 Å². The number of sulfonamides is 1. The quantitative estimate of drug-likeness (QED) is 0.731. The van der Waals surface area contributed by atoms with Crippen LogP contribution in [0.5, 0.6) is 5.75 Å². The van der Waals surface area contributed by atoms with Gasteiger partial charge in [0.15, 0.2) is 0 Å². The number of aliphatic imine (C=N–C) groups is 1. The maximum absolute atomic E-state index is 12.4. The first kappa shape index (κ1) is 19.7. The second-order valence-corrected chi connectivity index (χ2v) is 7.50. The fraction of sp³-hybridized carbons (Fsp3) is 0.222. The van der Waals surface area contributed by atoms with Gasteiger partial charge in [-0.25, -0.2) is 8.42 Å². The van der Waals surface area contributed by atoms with Crippen LogP contribution in [-0.2, 0) is 21.4 Å². The number of amides is 1. The standard InChI is InChI=1S/C18H17F2N3O4S/c19-18(20)27-14-7-3-1-5-12(14)11-22-16(24)9-10-21-17-13-6-2-4-8-15(13)28(25,26)23-17/h1-8,18H,9-11H2,(H,21,23)(H,22,24). The van der Waals surface area contributed by atoms with Crippen LogP contribution in [-0.4, -0.2) is 33.3 Å². The molecule has 0 aliphatic carbocycles. The van der Waals surface area contributed by atoms with Crippen molar-refractivity contribution in [3.8, 4) is 5.75 Å². The van der Waals surface area contributed by atoms with Crippen molar-refractivity contribution in [2.24, 2.45) is 4.99 Å². The highest BCUT2D eigenvalue weighted by Crippen LogP contribution is 2.22. The van der Waals surface area contributed by atoms with E-state index in [1.807, 2.05) is 0 Å². The summed E-state index contributed by atoms with van der Waals surface area (Å²) in [6, 6.07) is 12.6. The lowest BCUT2D eigenvalue weighted by Gasteiger charge is -2.11. The zero-order valence-electron chi connectivity index (χ0n) is 14.6. The number of fused-ring (bicyclic) bond motifs is 1. The summed E-state index contributed by atoms with van der Waals surface area (Å²) < 4.78 is 55.5. The molecule has 2 aromatic carbocycles. The first-order valence-electron chi connectivity index (χ1n) is 8.33. The molecule has 0 atom stereocenters. The number of ether oxygens (including phenoxy) is 1. The summed E-state index contributed by atoms with van der Waals surface area (Å²) in [7, 11) is -3.62. The Morgan fingerprint density at radius 1 is 1.14 bits per heavy atom. The van der Waals surface area contributed by atoms with Gasteiger partial charge < -0.3 is 10.1 Å². The summed E-state index contributed by atoms with van der Waals surface area (Å²) >= 11 is 0. The molecule has 0 radical (unpaired) electrons. The van der Waals surface area contributed by atoms with Gasteiger partial charge in [-0.2, -0.15) is 8.78 Å². The molecule has 148 valence electrons. The van der Waals surface area contributed by atoms with Crippen LogP contribution < -0.4 is 14.8 Å². The number of alkyl halides is 2. The van der Waals surface area contributed by atoms with E-state index in [1.54, 1.807) is 36.4 Å². The molecule has 1 heterocycles. The molecule has 0 saturated carbocycles. The lowest BCUT2D eigenvalue weighted by molar-refractivity contribution is -0.121. The second-order valence-electron chi connectivity index (χ2n) is 5.84. The molecule has 28 heavy (non-hydrogen) atoms. The molecule has 3 rings (SSSR count). The monoisotopic (exact) mass is 409 g/mol. The average Bonchev–Trinajstić information content (AvgIpc) is 2.91. The number of nitrogens with zero attached hydrogens (tertiary/aromatic N) is 1. The van der Waals surface area contributed by atoms with Gasteiger partial charge >= 0.3 is 6.61 Å². The van der Waals surface area contributed by atoms with Gasteiger partial charge in [0.25, 0.3) is 10.0 Å². The topological polar surface area (TPSA) is 96.9 Å². The Bertz CT molecular complexity index is 1010. The van der Waals surface area contributed by atoms with E-state index in [1.165, 1.54) is 12.1 Å². The van der Waals surface area contributed by atoms with Crippen molar-refractivity contribution < 1.29 is 26.7 Å². The Labute approximate surface area is 160 Å². The number of halogens is 2. The Morgan fingerprint density at radius 3 is 2.64 bits per heavy atom. The van der Waals surface area contributed by atoms with Gasteiger partial charge in [0.2, 0.25) is 5.91 Å². The summed E-state index contributed by atoms with van der Waals surface area (Å²) in [5, 5.41) is 2.60. The fourth-order valence-corrected chi connectivity index (χ4v) is 3.91. The molecular weight excluding hydrogens is 392 g/mol. The maximum Gasteiger partial charge on any atom is 0.387 e. The van der Waals surface area contributed by atoms with Crippen LogP contribution in [0.25, 0.3) is 0 Å². The zero-order chi connectivity index (χ0) is 20.1. The van der Waals surface area contributed by atoms with E-state index in [9.17, 15) is 22.0 Å². The number of nitrogens with one attached hydrogen (secondary N) is 2. The van der Waals surface area contributed by atoms with E-state index in [2.05, 4.69) is 19.8 Å². The molecular formula is C18H17F2N3O4S. The minimum Gasteiger partial charge on any atom is -0.434 e. The number of rotatable bonds is 7. The van der Waals surface area contributed by atoms with Crippen molar-refractivity contribution in [1.29, 1.82) is 0 Å². The third kappa shape index (κ3) is 4.63. The highest BCUT2D eigenvalue weighted by atomic mass is 32.2. The molecule has 2 N–H and O–H groups in total. The highest BCUT2D eigenvalue weighted by Gasteiger charge is 2.29. The molecule has 0 saturated heterocycles. The summed E-state index contributed by atoms with van der Waals surface area (Å²) in [4.78, 5) is 16.3. The number of carbonyl (C=O) groups is 1. The molecule has 1 amide bonds. The first-order chi connectivity index (χ1) is 13.4. The molecule has 0 fully saturated rings. The maximum atomic E-state index is 12.4. The van der Waals surface area contributed by atoms with E-state index in [0.717, 1.165) is 0 Å². The largest absolute Gasteiger partial charge is 0.434 e. The predicted octanol–water partition coefficient (Wildman–Crippen LogP) is 2.03. The molecule has 10 heteroatoms. The first-order valence-corrected chi connectivity index (χ1v) is 9.81. The van der Waals surface area contributed by atoms with Crippen LogP contribution in [0.1, 0.15) is 17.5 Å². The second kappa shape index (κ2) is 8.34. The normalized spacial score (nSPS) is 15.9. The predicted molar refractivity (Wildman–Crippen MR) is 97.7 cm³/mol. The Hall–Kier alpha value is -3.01. The SMILES string of the molecule is O=C(CCN=C1NS(=O)(=O)c2ccccc21)NCc1ccccc1OC(F)F. The molecule has 0 aromatic heterocycles. The zero-order valence-corrected chi connectivity index (χ0v) is 15.4. The van der Waals surface area contributed by atoms with Crippen LogP contribution in [0, 0.1) is 0 Å². The fourth-order valence-electron chi connectivity index (χ4n) is 2.66. The third-order valence-electron chi connectivity index (χ3n) is 3.94. The van der Waals surface area contributed by atoms with Crippen LogP contribution >= 0.6 is 0 Å². The van der Waals surface area contributed by atoms with Crippen molar-refractivity contribution in [3.63, 3.8) is 0 Å². The van der Waals surface area contributed by atoms with Gasteiger partial charge in [-0.15, -0.1) is 0 Å². The molecule has 0 unspecified atom stereocenters. The van der Waals surface area contributed by atoms with Crippen molar-refractivity contribution >= 4 is 21.8 Å². The van der Waals surface area contributed by atoms with E-state index in [-0.39, 0.29) is 41.9 Å². The summed E-state index contributed by atoms with van der Waals surface area (Å²) in [5.74, 6) is -0.167. The van der Waals surface area contributed by atoms with Gasteiger partial charge in [0.05, 0.1) is 11.4 Å². The van der Waals surface area contributed by atoms with Crippen LogP contribution in [0.15, 0.2) is 58.4 Å². The lowest BCUT2D eigenvalue weighted by Crippen LogP contribution is -2.25. The van der Waals surface area contributed by atoms with Crippen LogP contribution in [0.3, 0.4) is 0 Å². The summed E-state index contributed by atoms with van der Waals surface area (Å²) in [6.07, 6.45) is 0.00522. The Morgan fingerprint density at radius 2 is 1.86 bits per heavy atom. The van der Waals surface area contributed by atoms with Gasteiger partial charge in [-0.3, -0.25) is 14.5 Å². The number of para-hydroxylation sites is 1. The van der Waals surface area contributed by atoms with Gasteiger partial charge in [0, 0.05) is 24.1 Å². The number of hydrogen-bond donors (Lipinski definition) is 2. The minimum atomic E-state index is -3.62. The van der Waals surface area contributed by atoms with Gasteiger partial charge in [-0.05, 0) is 18.2 Å². The Kier molecular flexibility index (Phi) is 5.88. The van der Waals surface area contributed by atoms with E-state index < -0.39 is 16.6 Å². The van der Waals surface area contributed by atoms with E-state index in [4.69, 9.17) is 0 Å². The lowest BCUT2D eigenvalue weighted by atomic mass is 10.2. The number of carbonyl (C=O) groups excluding carboxylic acids is 1. The van der Waals surface area contributed by atoms with E-state index >= 15 is 0 Å². The smallest absolute Gasteiger partial charge is 0.387 e. The molecule has 7 nitrogen and oxygen atoms in total. The molecule has 0 spiro atoms. The highest BCUT2D eigenvalue weighted by molar-refractivity contribution is 7.90. The van der Waals surface area contributed by atoms with Crippen LogP contribution in [0.2, 0.25) is 0 Å². The van der Waals surface area contributed by atoms with Crippen molar-refractivity contribution in [2.75, 3.05) is 6.54 Å². The van der Waals surface area contributed by atoms with Crippen molar-refractivity contribution in [1.82, 2.24) is 10.0 Å². The van der Waals surface area contributed by atoms with E-state index in [0.29, 0.717) is 11.1 Å². The average molecular weight is 409 g/mol.